The van der Waals surface area contributed by atoms with Crippen molar-refractivity contribution in [2.45, 2.75) is 76.3 Å². The quantitative estimate of drug-likeness (QED) is 0.437. The second-order valence-corrected chi connectivity index (χ2v) is 12.9. The highest BCUT2D eigenvalue weighted by Gasteiger charge is 2.40. The van der Waals surface area contributed by atoms with Crippen LogP contribution in [0.1, 0.15) is 74.5 Å². The van der Waals surface area contributed by atoms with E-state index in [1.54, 1.807) is 18.3 Å². The average Bonchev–Trinajstić information content (AvgIpc) is 2.80. The summed E-state index contributed by atoms with van der Waals surface area (Å²) in [6, 6.07) is 5.44. The molecular formula is C27H32N4O5S. The number of pyridine rings is 3. The summed E-state index contributed by atoms with van der Waals surface area (Å²) in [5.74, 6) is 1.24. The Morgan fingerprint density at radius 2 is 1.89 bits per heavy atom. The molecule has 1 N–H and O–H groups in total. The van der Waals surface area contributed by atoms with Gasteiger partial charge in [0.15, 0.2) is 9.84 Å². The fourth-order valence-corrected chi connectivity index (χ4v) is 5.94. The number of rotatable bonds is 7. The smallest absolute Gasteiger partial charge is 0.340 e. The number of hydrogen-bond acceptors (Lipinski definition) is 9. The molecule has 1 atom stereocenters. The van der Waals surface area contributed by atoms with Crippen molar-refractivity contribution in [3.8, 4) is 5.88 Å². The van der Waals surface area contributed by atoms with Gasteiger partial charge in [-0.3, -0.25) is 0 Å². The molecule has 37 heavy (non-hydrogen) atoms. The highest BCUT2D eigenvalue weighted by Crippen LogP contribution is 2.38. The molecule has 1 unspecified atom stereocenters. The Labute approximate surface area is 216 Å². The zero-order chi connectivity index (χ0) is 26.5. The first-order valence-corrected chi connectivity index (χ1v) is 14.6. The molecule has 10 heteroatoms. The number of aromatic nitrogens is 3. The van der Waals surface area contributed by atoms with E-state index in [4.69, 9.17) is 14.5 Å². The van der Waals surface area contributed by atoms with Gasteiger partial charge in [0.2, 0.25) is 5.88 Å². The first-order valence-electron chi connectivity index (χ1n) is 12.6. The second-order valence-electron chi connectivity index (χ2n) is 10.6. The van der Waals surface area contributed by atoms with Gasteiger partial charge in [0.1, 0.15) is 23.3 Å². The van der Waals surface area contributed by atoms with Crippen LogP contribution in [-0.2, 0) is 21.0 Å². The lowest BCUT2D eigenvalue weighted by Crippen LogP contribution is -2.42. The Kier molecular flexibility index (Phi) is 6.34. The van der Waals surface area contributed by atoms with Crippen LogP contribution in [0.4, 0.5) is 11.6 Å². The highest BCUT2D eigenvalue weighted by atomic mass is 32.2. The van der Waals surface area contributed by atoms with E-state index in [0.29, 0.717) is 41.6 Å². The van der Waals surface area contributed by atoms with Gasteiger partial charge >= 0.3 is 5.97 Å². The molecule has 0 radical (unpaired) electrons. The molecule has 0 bridgehead atoms. The van der Waals surface area contributed by atoms with E-state index in [1.807, 2.05) is 33.0 Å². The van der Waals surface area contributed by atoms with E-state index >= 15 is 0 Å². The molecule has 2 aliphatic rings. The zero-order valence-electron chi connectivity index (χ0n) is 21.7. The molecule has 1 saturated carbocycles. The first kappa shape index (κ1) is 25.4. The minimum absolute atomic E-state index is 0.0674. The number of aryl methyl sites for hydroxylation is 1. The topological polar surface area (TPSA) is 120 Å². The Hall–Kier alpha value is -3.27. The summed E-state index contributed by atoms with van der Waals surface area (Å²) in [5, 5.41) is 4.69. The van der Waals surface area contributed by atoms with Crippen molar-refractivity contribution in [2.24, 2.45) is 0 Å². The maximum atomic E-state index is 12.4. The zero-order valence-corrected chi connectivity index (χ0v) is 22.6. The summed E-state index contributed by atoms with van der Waals surface area (Å²) in [6.07, 6.45) is 7.39. The largest absolute Gasteiger partial charge is 0.474 e. The molecule has 3 aromatic rings. The van der Waals surface area contributed by atoms with Gasteiger partial charge in [-0.25, -0.2) is 28.2 Å². The molecule has 0 amide bonds. The predicted octanol–water partition coefficient (Wildman–Crippen LogP) is 4.73. The van der Waals surface area contributed by atoms with Crippen LogP contribution in [0.2, 0.25) is 0 Å². The molecule has 0 saturated heterocycles. The second kappa shape index (κ2) is 9.24. The van der Waals surface area contributed by atoms with E-state index in [1.165, 1.54) is 6.26 Å². The number of esters is 1. The number of nitrogens with zero attached hydrogens (tertiary/aromatic N) is 3. The Bertz CT molecular complexity index is 1480. The lowest BCUT2D eigenvalue weighted by molar-refractivity contribution is -0.0189. The summed E-state index contributed by atoms with van der Waals surface area (Å²) < 4.78 is 35.2. The van der Waals surface area contributed by atoms with Crippen molar-refractivity contribution >= 4 is 38.2 Å². The summed E-state index contributed by atoms with van der Waals surface area (Å²) in [4.78, 5) is 26.3. The number of cyclic esters (lactones) is 1. The van der Waals surface area contributed by atoms with Crippen molar-refractivity contribution in [1.29, 1.82) is 0 Å². The lowest BCUT2D eigenvalue weighted by atomic mass is 9.84. The predicted molar refractivity (Wildman–Crippen MR) is 141 cm³/mol. The van der Waals surface area contributed by atoms with E-state index < -0.39 is 15.4 Å². The van der Waals surface area contributed by atoms with E-state index in [0.717, 1.165) is 29.2 Å². The maximum absolute atomic E-state index is 12.4. The molecule has 0 spiro atoms. The van der Waals surface area contributed by atoms with Crippen molar-refractivity contribution in [3.63, 3.8) is 0 Å². The standard InChI is InChI=1S/C27H32N4O5S/c1-6-7-16-13-29-25(35-17-10-18(11-17)37(5,33)34)21-14-28-23(12-20(16)21)30-22-9-8-19-24(31-22)15(2)27(3,4)36-26(19)32/h8-9,12-15,17-18H,6-7,10-11H2,1-5H3,(H,28,30,31). The molecule has 5 rings (SSSR count). The van der Waals surface area contributed by atoms with Crippen LogP contribution in [0.15, 0.2) is 30.6 Å². The molecule has 1 aliphatic carbocycles. The first-order chi connectivity index (χ1) is 17.5. The Morgan fingerprint density at radius 1 is 1.14 bits per heavy atom. The van der Waals surface area contributed by atoms with Gasteiger partial charge in [-0.05, 0) is 49.4 Å². The number of carbonyl (C=O) groups excluding carboxylic acids is 1. The molecule has 196 valence electrons. The number of nitrogens with one attached hydrogen (secondary N) is 1. The number of fused-ring (bicyclic) bond motifs is 2. The maximum Gasteiger partial charge on any atom is 0.340 e. The van der Waals surface area contributed by atoms with Gasteiger partial charge < -0.3 is 14.8 Å². The van der Waals surface area contributed by atoms with Crippen LogP contribution in [0, 0.1) is 0 Å². The van der Waals surface area contributed by atoms with Crippen LogP contribution >= 0.6 is 0 Å². The molecule has 3 aromatic heterocycles. The molecular weight excluding hydrogens is 492 g/mol. The molecule has 4 heterocycles. The van der Waals surface area contributed by atoms with Gasteiger partial charge in [-0.2, -0.15) is 0 Å². The van der Waals surface area contributed by atoms with E-state index in [9.17, 15) is 13.2 Å². The third-order valence-corrected chi connectivity index (χ3v) is 9.08. The minimum Gasteiger partial charge on any atom is -0.474 e. The van der Waals surface area contributed by atoms with Crippen LogP contribution in [0.25, 0.3) is 10.8 Å². The van der Waals surface area contributed by atoms with Crippen LogP contribution in [-0.4, -0.2) is 52.5 Å². The summed E-state index contributed by atoms with van der Waals surface area (Å²) in [5.41, 5.74) is 1.62. The van der Waals surface area contributed by atoms with Crippen LogP contribution in [0.3, 0.4) is 0 Å². The number of anilines is 2. The summed E-state index contributed by atoms with van der Waals surface area (Å²) in [6.45, 7) is 7.89. The van der Waals surface area contributed by atoms with Crippen LogP contribution < -0.4 is 10.1 Å². The monoisotopic (exact) mass is 524 g/mol. The van der Waals surface area contributed by atoms with Gasteiger partial charge in [0.05, 0.1) is 21.9 Å². The van der Waals surface area contributed by atoms with Crippen molar-refractivity contribution < 1.29 is 22.7 Å². The molecule has 1 fully saturated rings. The average molecular weight is 525 g/mol. The van der Waals surface area contributed by atoms with Gasteiger partial charge in [-0.15, -0.1) is 0 Å². The molecule has 0 aromatic carbocycles. The van der Waals surface area contributed by atoms with Crippen molar-refractivity contribution in [3.05, 3.63) is 47.4 Å². The van der Waals surface area contributed by atoms with Crippen molar-refractivity contribution in [1.82, 2.24) is 15.0 Å². The Balaban J connectivity index is 1.43. The van der Waals surface area contributed by atoms with E-state index in [2.05, 4.69) is 22.2 Å². The minimum atomic E-state index is -3.05. The number of hydrogen-bond donors (Lipinski definition) is 1. The third-order valence-electron chi connectivity index (χ3n) is 7.48. The van der Waals surface area contributed by atoms with E-state index in [-0.39, 0.29) is 23.2 Å². The van der Waals surface area contributed by atoms with Gasteiger partial charge in [0, 0.05) is 37.4 Å². The lowest BCUT2D eigenvalue weighted by Gasteiger charge is -2.36. The Morgan fingerprint density at radius 3 is 2.59 bits per heavy atom. The SMILES string of the molecule is CCCc1cnc(OC2CC(S(C)(=O)=O)C2)c2cnc(Nc3ccc4c(n3)C(C)C(C)(C)OC4=O)cc12. The number of carbonyl (C=O) groups is 1. The van der Waals surface area contributed by atoms with Crippen molar-refractivity contribution in [2.75, 3.05) is 11.6 Å². The fraction of sp³-hybridized carbons (Fsp3) is 0.481. The van der Waals surface area contributed by atoms with Gasteiger partial charge in [0.25, 0.3) is 0 Å². The molecule has 1 aliphatic heterocycles. The fourth-order valence-electron chi connectivity index (χ4n) is 4.81. The van der Waals surface area contributed by atoms with Gasteiger partial charge in [-0.1, -0.05) is 20.3 Å². The highest BCUT2D eigenvalue weighted by molar-refractivity contribution is 7.91. The number of sulfone groups is 1. The molecule has 9 nitrogen and oxygen atoms in total. The third kappa shape index (κ3) is 4.86. The van der Waals surface area contributed by atoms with Crippen LogP contribution in [0.5, 0.6) is 5.88 Å². The summed E-state index contributed by atoms with van der Waals surface area (Å²) >= 11 is 0. The number of ether oxygens (including phenoxy) is 2. The summed E-state index contributed by atoms with van der Waals surface area (Å²) in [7, 11) is -3.05. The normalized spacial score (nSPS) is 22.6.